The molecule has 0 aromatic rings. The smallest absolute Gasteiger partial charge is 0.187 e. The van der Waals surface area contributed by atoms with Crippen LogP contribution in [-0.4, -0.2) is 176 Å². The first-order valence-electron chi connectivity index (χ1n) is 23.2. The van der Waals surface area contributed by atoms with Crippen LogP contribution in [0.4, 0.5) is 0 Å². The molecule has 5 saturated heterocycles. The van der Waals surface area contributed by atoms with E-state index >= 15 is 0 Å². The van der Waals surface area contributed by atoms with E-state index in [2.05, 4.69) is 27.7 Å². The van der Waals surface area contributed by atoms with Gasteiger partial charge in [0.1, 0.15) is 67.1 Å². The van der Waals surface area contributed by atoms with Gasteiger partial charge < -0.3 is 83.9 Å². The minimum Gasteiger partial charge on any atom is -0.394 e. The van der Waals surface area contributed by atoms with Gasteiger partial charge >= 0.3 is 0 Å². The number of aliphatic hydroxyl groups is 9. The highest BCUT2D eigenvalue weighted by Crippen LogP contribution is 2.71. The molecule has 0 unspecified atom stereocenters. The van der Waals surface area contributed by atoms with Crippen LogP contribution in [0.1, 0.15) is 91.9 Å². The van der Waals surface area contributed by atoms with E-state index in [1.165, 1.54) is 12.8 Å². The highest BCUT2D eigenvalue weighted by molar-refractivity contribution is 5.15. The molecule has 9 aliphatic rings. The molecule has 9 fully saturated rings. The Morgan fingerprint density at radius 1 is 0.639 bits per heavy atom. The van der Waals surface area contributed by atoms with Crippen molar-refractivity contribution >= 4 is 0 Å². The van der Waals surface area contributed by atoms with E-state index in [0.29, 0.717) is 41.4 Å². The summed E-state index contributed by atoms with van der Waals surface area (Å²) < 4.78 is 49.0. The summed E-state index contributed by atoms with van der Waals surface area (Å²) in [6, 6.07) is 0. The normalized spacial score (nSPS) is 58.5. The lowest BCUT2D eigenvalue weighted by Gasteiger charge is -2.61. The van der Waals surface area contributed by atoms with Gasteiger partial charge in [0.05, 0.1) is 38.6 Å². The lowest BCUT2D eigenvalue weighted by Crippen LogP contribution is -2.65. The summed E-state index contributed by atoms with van der Waals surface area (Å²) >= 11 is 0. The van der Waals surface area contributed by atoms with Crippen LogP contribution in [0.15, 0.2) is 0 Å². The van der Waals surface area contributed by atoms with Gasteiger partial charge in [0.15, 0.2) is 24.7 Å². The topological polar surface area (TPSA) is 256 Å². The Labute approximate surface area is 357 Å². The molecule has 1 spiro atoms. The highest BCUT2D eigenvalue weighted by Gasteiger charge is 2.69. The number of hydrogen-bond donors (Lipinski definition) is 9. The summed E-state index contributed by atoms with van der Waals surface area (Å²) in [4.78, 5) is 0. The van der Waals surface area contributed by atoms with E-state index in [1.807, 2.05) is 0 Å². The molecule has 0 radical (unpaired) electrons. The second-order valence-electron chi connectivity index (χ2n) is 21.1. The zero-order valence-corrected chi connectivity index (χ0v) is 36.0. The molecular weight excluding hydrogens is 800 g/mol. The third-order valence-electron chi connectivity index (χ3n) is 17.9. The summed E-state index contributed by atoms with van der Waals surface area (Å²) in [6.45, 7) is 9.00. The van der Waals surface area contributed by atoms with E-state index in [4.69, 9.17) is 37.9 Å². The SMILES string of the molecule is C[C@H]1CC[C@@]2(OC1)O[C@H]1C[C@H]3[C@@H]4CC[C@@H]5C[C@@H](O[C@H]6O[C@H](CO[C@@H]7OC[C@H](O)[C@H](O)[C@H]7O)[C@@H](O[C@@H]7O[C@H](CO)[C@@H](O)[C@H](O)[C@H]7O)[C@H](O)[C@H]6O)CC[C@]5(C)[C@H]4CC[C@]3(C)[C@H]1[C@@H]2C. The second kappa shape index (κ2) is 17.2. The average Bonchev–Trinajstić information content (AvgIpc) is 3.69. The van der Waals surface area contributed by atoms with E-state index in [1.54, 1.807) is 0 Å². The summed E-state index contributed by atoms with van der Waals surface area (Å²) in [5.74, 6) is 3.28. The van der Waals surface area contributed by atoms with Gasteiger partial charge in [-0.2, -0.15) is 0 Å². The number of aliphatic hydroxyl groups excluding tert-OH is 9. The van der Waals surface area contributed by atoms with Crippen molar-refractivity contribution in [1.82, 2.24) is 0 Å². The largest absolute Gasteiger partial charge is 0.394 e. The van der Waals surface area contributed by atoms with Crippen LogP contribution in [0.25, 0.3) is 0 Å². The van der Waals surface area contributed by atoms with Crippen LogP contribution in [0.2, 0.25) is 0 Å². The Hall–Kier alpha value is -0.680. The molecule has 5 aliphatic heterocycles. The minimum absolute atomic E-state index is 0.128. The quantitative estimate of drug-likeness (QED) is 0.145. The first-order valence-corrected chi connectivity index (χ1v) is 23.2. The molecule has 5 heterocycles. The van der Waals surface area contributed by atoms with Gasteiger partial charge in [-0.1, -0.05) is 27.7 Å². The zero-order chi connectivity index (χ0) is 43.3. The molecule has 9 rings (SSSR count). The number of fused-ring (bicyclic) bond motifs is 7. The van der Waals surface area contributed by atoms with Crippen LogP contribution in [0.3, 0.4) is 0 Å². The van der Waals surface area contributed by atoms with Gasteiger partial charge in [0.2, 0.25) is 0 Å². The van der Waals surface area contributed by atoms with Gasteiger partial charge in [0, 0.05) is 12.3 Å². The molecule has 9 N–H and O–H groups in total. The first kappa shape index (κ1) is 45.5. The molecule has 0 bridgehead atoms. The fourth-order valence-corrected chi connectivity index (χ4v) is 14.3. The van der Waals surface area contributed by atoms with Crippen LogP contribution >= 0.6 is 0 Å². The maximum Gasteiger partial charge on any atom is 0.187 e. The minimum atomic E-state index is -1.81. The molecule has 0 amide bonds. The standard InChI is InChI=1S/C44H72O17/c1-19-7-12-44(56-16-19)20(2)30-27(61-44)14-25-23-6-5-21-13-22(8-10-42(21,3)24(23)9-11-43(25,30)4)57-40-37(53)34(50)38(60-41-36(52)33(49)32(48)28(15-45)58-41)29(59-40)18-55-39-35(51)31(47)26(46)17-54-39/h19-41,45-53H,5-18H2,1-4H3/t19-,20-,21+,22-,23+,24-,25-,26-,27-,28+,29+,30-,31-,32+,33-,34+,35+,36+,37+,38+,39-,40-,41-,42-,43-,44+/m0/s1. The molecule has 17 nitrogen and oxygen atoms in total. The highest BCUT2D eigenvalue weighted by atomic mass is 16.8. The van der Waals surface area contributed by atoms with E-state index in [-0.39, 0.29) is 29.6 Å². The summed E-state index contributed by atoms with van der Waals surface area (Å²) in [7, 11) is 0. The average molecular weight is 873 g/mol. The summed E-state index contributed by atoms with van der Waals surface area (Å²) in [6.07, 6.45) is -11.2. The molecule has 4 aliphatic carbocycles. The molecule has 61 heavy (non-hydrogen) atoms. The molecular formula is C44H72O17. The van der Waals surface area contributed by atoms with Gasteiger partial charge in [0.25, 0.3) is 0 Å². The van der Waals surface area contributed by atoms with Gasteiger partial charge in [-0.25, -0.2) is 0 Å². The van der Waals surface area contributed by atoms with Crippen molar-refractivity contribution in [2.45, 2.75) is 196 Å². The Morgan fingerprint density at radius 2 is 1.34 bits per heavy atom. The van der Waals surface area contributed by atoms with Crippen molar-refractivity contribution in [3.05, 3.63) is 0 Å². The predicted molar refractivity (Wildman–Crippen MR) is 210 cm³/mol. The van der Waals surface area contributed by atoms with Crippen LogP contribution in [0.5, 0.6) is 0 Å². The fraction of sp³-hybridized carbons (Fsp3) is 1.00. The van der Waals surface area contributed by atoms with E-state index < -0.39 is 105 Å². The predicted octanol–water partition coefficient (Wildman–Crippen LogP) is -0.0945. The fourth-order valence-electron chi connectivity index (χ4n) is 14.3. The zero-order valence-electron chi connectivity index (χ0n) is 36.0. The maximum atomic E-state index is 11.6. The van der Waals surface area contributed by atoms with Gasteiger partial charge in [-0.05, 0) is 104 Å². The Balaban J connectivity index is 0.862. The Morgan fingerprint density at radius 3 is 2.08 bits per heavy atom. The third kappa shape index (κ3) is 7.68. The van der Waals surface area contributed by atoms with Crippen molar-refractivity contribution in [3.8, 4) is 0 Å². The van der Waals surface area contributed by atoms with Crippen molar-refractivity contribution in [1.29, 1.82) is 0 Å². The second-order valence-corrected chi connectivity index (χ2v) is 21.1. The summed E-state index contributed by atoms with van der Waals surface area (Å²) in [5.41, 5.74) is 0.357. The third-order valence-corrected chi connectivity index (χ3v) is 17.9. The maximum absolute atomic E-state index is 11.6. The Bertz CT molecular complexity index is 1520. The lowest BCUT2D eigenvalue weighted by atomic mass is 9.44. The Kier molecular flexibility index (Phi) is 12.8. The lowest BCUT2D eigenvalue weighted by molar-refractivity contribution is -0.369. The van der Waals surface area contributed by atoms with Crippen LogP contribution < -0.4 is 0 Å². The van der Waals surface area contributed by atoms with Gasteiger partial charge in [-0.3, -0.25) is 0 Å². The first-order chi connectivity index (χ1) is 29.0. The molecule has 4 saturated carbocycles. The van der Waals surface area contributed by atoms with E-state index in [9.17, 15) is 46.0 Å². The number of rotatable bonds is 8. The van der Waals surface area contributed by atoms with Crippen molar-refractivity contribution in [3.63, 3.8) is 0 Å². The molecule has 0 aromatic carbocycles. The molecule has 350 valence electrons. The van der Waals surface area contributed by atoms with Crippen molar-refractivity contribution in [2.24, 2.45) is 52.3 Å². The molecule has 0 aromatic heterocycles. The van der Waals surface area contributed by atoms with Crippen molar-refractivity contribution in [2.75, 3.05) is 26.4 Å². The molecule has 26 atom stereocenters. The van der Waals surface area contributed by atoms with E-state index in [0.717, 1.165) is 58.0 Å². The van der Waals surface area contributed by atoms with Crippen LogP contribution in [-0.2, 0) is 37.9 Å². The van der Waals surface area contributed by atoms with Gasteiger partial charge in [-0.15, -0.1) is 0 Å². The van der Waals surface area contributed by atoms with Crippen LogP contribution in [0, 0.1) is 52.3 Å². The monoisotopic (exact) mass is 872 g/mol. The number of hydrogen-bond acceptors (Lipinski definition) is 17. The number of ether oxygens (including phenoxy) is 8. The molecule has 17 heteroatoms. The van der Waals surface area contributed by atoms with Crippen molar-refractivity contribution < 1.29 is 83.9 Å². The summed E-state index contributed by atoms with van der Waals surface area (Å²) in [5, 5.41) is 94.9.